The summed E-state index contributed by atoms with van der Waals surface area (Å²) in [5.41, 5.74) is 6.63. The van der Waals surface area contributed by atoms with Gasteiger partial charge in [-0.25, -0.2) is 4.79 Å². The fraction of sp³-hybridized carbons (Fsp3) is 0.357. The second-order valence-electron chi connectivity index (χ2n) is 4.15. The van der Waals surface area contributed by atoms with E-state index >= 15 is 0 Å². The molecule has 1 aromatic carbocycles. The summed E-state index contributed by atoms with van der Waals surface area (Å²) in [5.74, 6) is 0.476. The van der Waals surface area contributed by atoms with Crippen molar-refractivity contribution in [3.63, 3.8) is 0 Å². The number of carbonyl (C=O) groups excluding carboxylic acids is 1. The zero-order valence-electron chi connectivity index (χ0n) is 11.5. The lowest BCUT2D eigenvalue weighted by Gasteiger charge is -2.16. The number of benzene rings is 1. The quantitative estimate of drug-likeness (QED) is 0.859. The normalized spacial score (nSPS) is 11.8. The largest absolute Gasteiger partial charge is 0.497 e. The third kappa shape index (κ3) is 3.05. The van der Waals surface area contributed by atoms with Crippen LogP contribution in [0.2, 0.25) is 0 Å². The summed E-state index contributed by atoms with van der Waals surface area (Å²) in [6.45, 7) is 2.33. The van der Waals surface area contributed by atoms with Gasteiger partial charge < -0.3 is 19.8 Å². The van der Waals surface area contributed by atoms with Crippen LogP contribution in [-0.2, 0) is 9.53 Å². The highest BCUT2D eigenvalue weighted by Gasteiger charge is 2.21. The molecule has 0 fully saturated rings. The molecule has 5 nitrogen and oxygen atoms in total. The van der Waals surface area contributed by atoms with Crippen molar-refractivity contribution in [1.29, 1.82) is 0 Å². The van der Waals surface area contributed by atoms with Crippen molar-refractivity contribution in [2.45, 2.75) is 13.0 Å². The number of nitrogens with two attached hydrogens (primary N) is 1. The van der Waals surface area contributed by atoms with Gasteiger partial charge in [-0.3, -0.25) is 0 Å². The summed E-state index contributed by atoms with van der Waals surface area (Å²) in [6.07, 6.45) is 1.85. The lowest BCUT2D eigenvalue weighted by atomic mass is 10.2. The number of aromatic nitrogens is 1. The molecule has 0 saturated heterocycles. The first-order valence-electron chi connectivity index (χ1n) is 6.22. The van der Waals surface area contributed by atoms with Crippen LogP contribution < -0.4 is 10.5 Å². The van der Waals surface area contributed by atoms with Crippen molar-refractivity contribution in [2.75, 3.05) is 20.3 Å². The highest BCUT2D eigenvalue weighted by Crippen LogP contribution is 2.24. The Balaban J connectivity index is 0.00000200. The van der Waals surface area contributed by atoms with Crippen LogP contribution in [0.1, 0.15) is 13.0 Å². The summed E-state index contributed by atoms with van der Waals surface area (Å²) < 4.78 is 12.1. The fourth-order valence-corrected chi connectivity index (χ4v) is 2.10. The maximum absolute atomic E-state index is 11.9. The summed E-state index contributed by atoms with van der Waals surface area (Å²) in [6, 6.07) is 7.13. The van der Waals surface area contributed by atoms with Crippen LogP contribution in [0.15, 0.2) is 30.5 Å². The zero-order valence-corrected chi connectivity index (χ0v) is 12.4. The number of nitrogens with zero attached hydrogens (tertiary/aromatic N) is 1. The Labute approximate surface area is 124 Å². The third-order valence-electron chi connectivity index (χ3n) is 3.05. The van der Waals surface area contributed by atoms with Crippen LogP contribution in [0.25, 0.3) is 10.9 Å². The van der Waals surface area contributed by atoms with E-state index in [0.29, 0.717) is 6.61 Å². The predicted octanol–water partition coefficient (Wildman–Crippen LogP) is 2.13. The van der Waals surface area contributed by atoms with Gasteiger partial charge in [-0.2, -0.15) is 0 Å². The van der Waals surface area contributed by atoms with Crippen molar-refractivity contribution in [3.8, 4) is 5.75 Å². The van der Waals surface area contributed by atoms with Gasteiger partial charge in [0.05, 0.1) is 13.7 Å². The molecule has 0 saturated carbocycles. The highest BCUT2D eigenvalue weighted by molar-refractivity contribution is 5.85. The lowest BCUT2D eigenvalue weighted by Crippen LogP contribution is -2.28. The second kappa shape index (κ2) is 7.17. The van der Waals surface area contributed by atoms with E-state index in [9.17, 15) is 4.79 Å². The molecule has 0 spiro atoms. The standard InChI is InChI=1S/C14H18N2O3.ClH/c1-3-19-14(17)13(9-15)16-7-6-10-8-11(18-2)4-5-12(10)16;/h4-8,13H,3,9,15H2,1-2H3;1H. The van der Waals surface area contributed by atoms with Crippen LogP contribution in [0, 0.1) is 0 Å². The molecule has 2 N–H and O–H groups in total. The van der Waals surface area contributed by atoms with Crippen LogP contribution >= 0.6 is 12.4 Å². The lowest BCUT2D eigenvalue weighted by molar-refractivity contribution is -0.146. The van der Waals surface area contributed by atoms with Gasteiger partial charge in [-0.15, -0.1) is 12.4 Å². The first-order chi connectivity index (χ1) is 9.21. The minimum atomic E-state index is -0.495. The number of hydrogen-bond donors (Lipinski definition) is 1. The van der Waals surface area contributed by atoms with E-state index in [4.69, 9.17) is 15.2 Å². The van der Waals surface area contributed by atoms with E-state index in [1.165, 1.54) is 0 Å². The summed E-state index contributed by atoms with van der Waals surface area (Å²) in [4.78, 5) is 11.9. The number of methoxy groups -OCH3 is 1. The Morgan fingerprint density at radius 1 is 1.40 bits per heavy atom. The molecular weight excluding hydrogens is 280 g/mol. The number of rotatable bonds is 5. The number of hydrogen-bond acceptors (Lipinski definition) is 4. The Morgan fingerprint density at radius 2 is 2.15 bits per heavy atom. The SMILES string of the molecule is CCOC(=O)C(CN)n1ccc2cc(OC)ccc21.Cl. The predicted molar refractivity (Wildman–Crippen MR) is 80.5 cm³/mol. The Morgan fingerprint density at radius 3 is 2.75 bits per heavy atom. The van der Waals surface area contributed by atoms with Crippen molar-refractivity contribution >= 4 is 29.3 Å². The van der Waals surface area contributed by atoms with Crippen molar-refractivity contribution < 1.29 is 14.3 Å². The molecule has 2 rings (SSSR count). The van der Waals surface area contributed by atoms with E-state index in [2.05, 4.69) is 0 Å². The maximum atomic E-state index is 11.9. The molecule has 6 heteroatoms. The molecule has 1 aromatic heterocycles. The molecule has 2 aromatic rings. The van der Waals surface area contributed by atoms with Gasteiger partial charge in [0.2, 0.25) is 0 Å². The summed E-state index contributed by atoms with van der Waals surface area (Å²) in [7, 11) is 1.62. The molecule has 20 heavy (non-hydrogen) atoms. The van der Waals surface area contributed by atoms with Crippen molar-refractivity contribution in [3.05, 3.63) is 30.5 Å². The zero-order chi connectivity index (χ0) is 13.8. The highest BCUT2D eigenvalue weighted by atomic mass is 35.5. The number of halogens is 1. The van der Waals surface area contributed by atoms with Gasteiger partial charge in [0.15, 0.2) is 0 Å². The first kappa shape index (κ1) is 16.3. The van der Waals surface area contributed by atoms with E-state index in [0.717, 1.165) is 16.7 Å². The number of carbonyl (C=O) groups is 1. The van der Waals surface area contributed by atoms with Gasteiger partial charge in [0.25, 0.3) is 0 Å². The van der Waals surface area contributed by atoms with Crippen molar-refractivity contribution in [2.24, 2.45) is 5.73 Å². The molecule has 1 atom stereocenters. The Hall–Kier alpha value is -1.72. The summed E-state index contributed by atoms with van der Waals surface area (Å²) in [5, 5.41) is 1.00. The van der Waals surface area contributed by atoms with E-state index in [-0.39, 0.29) is 24.9 Å². The smallest absolute Gasteiger partial charge is 0.330 e. The minimum Gasteiger partial charge on any atom is -0.497 e. The van der Waals surface area contributed by atoms with Crippen LogP contribution in [0.4, 0.5) is 0 Å². The third-order valence-corrected chi connectivity index (χ3v) is 3.05. The minimum absolute atomic E-state index is 0. The monoisotopic (exact) mass is 298 g/mol. The van der Waals surface area contributed by atoms with E-state index < -0.39 is 6.04 Å². The average Bonchev–Trinajstić information content (AvgIpc) is 2.83. The molecule has 0 amide bonds. The molecular formula is C14H19ClN2O3. The Kier molecular flexibility index (Phi) is 5.85. The fourth-order valence-electron chi connectivity index (χ4n) is 2.10. The Bertz CT molecular complexity index is 583. The molecule has 1 unspecified atom stereocenters. The van der Waals surface area contributed by atoms with Gasteiger partial charge in [-0.05, 0) is 31.2 Å². The molecule has 0 aliphatic rings. The summed E-state index contributed by atoms with van der Waals surface area (Å²) >= 11 is 0. The van der Waals surface area contributed by atoms with E-state index in [1.807, 2.05) is 35.0 Å². The topological polar surface area (TPSA) is 66.5 Å². The van der Waals surface area contributed by atoms with Gasteiger partial charge in [-0.1, -0.05) is 0 Å². The first-order valence-corrected chi connectivity index (χ1v) is 6.22. The second-order valence-corrected chi connectivity index (χ2v) is 4.15. The molecule has 1 heterocycles. The van der Waals surface area contributed by atoms with Crippen LogP contribution in [0.3, 0.4) is 0 Å². The molecule has 110 valence electrons. The number of ether oxygens (including phenoxy) is 2. The average molecular weight is 299 g/mol. The van der Waals surface area contributed by atoms with Gasteiger partial charge in [0, 0.05) is 23.6 Å². The molecule has 0 bridgehead atoms. The maximum Gasteiger partial charge on any atom is 0.330 e. The van der Waals surface area contributed by atoms with Gasteiger partial charge >= 0.3 is 5.97 Å². The molecule has 0 aliphatic heterocycles. The van der Waals surface area contributed by atoms with E-state index in [1.54, 1.807) is 14.0 Å². The van der Waals surface area contributed by atoms with Crippen molar-refractivity contribution in [1.82, 2.24) is 4.57 Å². The molecule has 0 radical (unpaired) electrons. The number of fused-ring (bicyclic) bond motifs is 1. The van der Waals surface area contributed by atoms with Crippen LogP contribution in [-0.4, -0.2) is 30.8 Å². The van der Waals surface area contributed by atoms with Gasteiger partial charge in [0.1, 0.15) is 11.8 Å². The van der Waals surface area contributed by atoms with Crippen LogP contribution in [0.5, 0.6) is 5.75 Å². The molecule has 0 aliphatic carbocycles. The number of esters is 1.